The van der Waals surface area contributed by atoms with Crippen LogP contribution in [0.15, 0.2) is 39.3 Å². The highest BCUT2D eigenvalue weighted by atomic mass is 35.5. The van der Waals surface area contributed by atoms with E-state index in [1.165, 1.54) is 14.0 Å². The largest absolute Gasteiger partial charge is 0.493 e. The first-order valence-corrected chi connectivity index (χ1v) is 7.40. The molecule has 8 heteroatoms. The van der Waals surface area contributed by atoms with Crippen molar-refractivity contribution in [3.63, 3.8) is 0 Å². The monoisotopic (exact) mass is 346 g/mol. The molecule has 2 rings (SSSR count). The van der Waals surface area contributed by atoms with Gasteiger partial charge in [0.1, 0.15) is 11.6 Å². The van der Waals surface area contributed by atoms with Gasteiger partial charge >= 0.3 is 0 Å². The standard InChI is InChI=1S/C16H15ClN4O3/c1-10-13(9-18)15(22)21(7-8-24-2)16(23)14(10)20-19-12-5-3-11(17)4-6-12/h3-6,22H,7-8H2,1-2H3. The number of hydrogen-bond acceptors (Lipinski definition) is 6. The normalized spacial score (nSPS) is 10.9. The summed E-state index contributed by atoms with van der Waals surface area (Å²) in [5, 5.41) is 27.9. The second-order valence-corrected chi connectivity index (χ2v) is 5.35. The molecule has 0 radical (unpaired) electrons. The average molecular weight is 347 g/mol. The minimum atomic E-state index is -0.543. The van der Waals surface area contributed by atoms with E-state index in [1.54, 1.807) is 24.3 Å². The predicted octanol–water partition coefficient (Wildman–Crippen LogP) is 3.45. The number of hydrogen-bond donors (Lipinski definition) is 1. The van der Waals surface area contributed by atoms with Crippen LogP contribution in [0.4, 0.5) is 11.4 Å². The SMILES string of the molecule is COCCn1c(O)c(C#N)c(C)c(N=Nc2ccc(Cl)cc2)c1=O. The third-order valence-corrected chi connectivity index (χ3v) is 3.63. The molecule has 0 fully saturated rings. The van der Waals surface area contributed by atoms with E-state index in [9.17, 15) is 15.2 Å². The van der Waals surface area contributed by atoms with E-state index >= 15 is 0 Å². The zero-order valence-corrected chi connectivity index (χ0v) is 13.9. The molecule has 1 heterocycles. The Morgan fingerprint density at radius 3 is 2.58 bits per heavy atom. The van der Waals surface area contributed by atoms with Crippen molar-refractivity contribution in [1.29, 1.82) is 5.26 Å². The summed E-state index contributed by atoms with van der Waals surface area (Å²) in [7, 11) is 1.47. The number of pyridine rings is 1. The minimum absolute atomic E-state index is 0.00426. The van der Waals surface area contributed by atoms with E-state index in [2.05, 4.69) is 10.2 Å². The molecule has 0 spiro atoms. The molecule has 2 aromatic rings. The molecule has 0 amide bonds. The van der Waals surface area contributed by atoms with Crippen molar-refractivity contribution >= 4 is 23.0 Å². The van der Waals surface area contributed by atoms with Gasteiger partial charge in [-0.05, 0) is 31.2 Å². The lowest BCUT2D eigenvalue weighted by atomic mass is 10.1. The van der Waals surface area contributed by atoms with Crippen LogP contribution < -0.4 is 5.56 Å². The summed E-state index contributed by atoms with van der Waals surface area (Å²) in [5.41, 5.74) is 0.213. The fourth-order valence-electron chi connectivity index (χ4n) is 2.06. The summed E-state index contributed by atoms with van der Waals surface area (Å²) >= 11 is 5.80. The van der Waals surface area contributed by atoms with Crippen molar-refractivity contribution in [3.05, 3.63) is 50.8 Å². The van der Waals surface area contributed by atoms with Crippen molar-refractivity contribution in [3.8, 4) is 11.9 Å². The predicted molar refractivity (Wildman–Crippen MR) is 89.3 cm³/mol. The maximum Gasteiger partial charge on any atom is 0.281 e. The number of aromatic hydroxyl groups is 1. The van der Waals surface area contributed by atoms with Gasteiger partial charge in [-0.3, -0.25) is 9.36 Å². The number of nitrogens with zero attached hydrogens (tertiary/aromatic N) is 4. The second-order valence-electron chi connectivity index (χ2n) is 4.91. The molecule has 0 saturated heterocycles. The van der Waals surface area contributed by atoms with Gasteiger partial charge in [0.05, 0.1) is 18.8 Å². The molecule has 124 valence electrons. The second kappa shape index (κ2) is 7.73. The van der Waals surface area contributed by atoms with Crippen LogP contribution in [0.5, 0.6) is 5.88 Å². The maximum absolute atomic E-state index is 12.5. The topological polar surface area (TPSA) is 100.0 Å². The number of azo groups is 1. The fraction of sp³-hybridized carbons (Fsp3) is 0.250. The summed E-state index contributed by atoms with van der Waals surface area (Å²) in [6.45, 7) is 1.84. The molecular weight excluding hydrogens is 332 g/mol. The number of ether oxygens (including phenoxy) is 1. The van der Waals surface area contributed by atoms with Gasteiger partial charge in [-0.15, -0.1) is 5.11 Å². The van der Waals surface area contributed by atoms with Gasteiger partial charge in [-0.2, -0.15) is 10.4 Å². The van der Waals surface area contributed by atoms with Crippen LogP contribution in [0.1, 0.15) is 11.1 Å². The molecule has 0 aliphatic heterocycles. The first kappa shape index (κ1) is 17.7. The third-order valence-electron chi connectivity index (χ3n) is 3.38. The smallest absolute Gasteiger partial charge is 0.281 e. The summed E-state index contributed by atoms with van der Waals surface area (Å²) < 4.78 is 5.97. The summed E-state index contributed by atoms with van der Waals surface area (Å²) in [4.78, 5) is 12.5. The highest BCUT2D eigenvalue weighted by Crippen LogP contribution is 2.27. The quantitative estimate of drug-likeness (QED) is 0.838. The van der Waals surface area contributed by atoms with Gasteiger partial charge in [-0.1, -0.05) is 11.6 Å². The van der Waals surface area contributed by atoms with E-state index in [0.29, 0.717) is 10.7 Å². The van der Waals surface area contributed by atoms with Crippen molar-refractivity contribution in [2.24, 2.45) is 10.2 Å². The Hall–Kier alpha value is -2.69. The summed E-state index contributed by atoms with van der Waals surface area (Å²) in [6, 6.07) is 8.48. The number of benzene rings is 1. The third kappa shape index (κ3) is 3.62. The molecule has 7 nitrogen and oxygen atoms in total. The van der Waals surface area contributed by atoms with Crippen molar-refractivity contribution in [2.45, 2.75) is 13.5 Å². The van der Waals surface area contributed by atoms with Crippen LogP contribution >= 0.6 is 11.6 Å². The van der Waals surface area contributed by atoms with Gasteiger partial charge in [0.25, 0.3) is 5.56 Å². The lowest BCUT2D eigenvalue weighted by Crippen LogP contribution is -2.23. The number of nitriles is 1. The maximum atomic E-state index is 12.5. The highest BCUT2D eigenvalue weighted by molar-refractivity contribution is 6.30. The number of halogens is 1. The Morgan fingerprint density at radius 2 is 2.00 bits per heavy atom. The van der Waals surface area contributed by atoms with Gasteiger partial charge in [0.2, 0.25) is 5.88 Å². The van der Waals surface area contributed by atoms with Crippen LogP contribution in [0.3, 0.4) is 0 Å². The Morgan fingerprint density at radius 1 is 1.33 bits per heavy atom. The van der Waals surface area contributed by atoms with Crippen LogP contribution in [-0.4, -0.2) is 23.4 Å². The molecule has 0 aliphatic carbocycles. The first-order valence-electron chi connectivity index (χ1n) is 7.02. The van der Waals surface area contributed by atoms with Gasteiger partial charge in [0, 0.05) is 17.7 Å². The average Bonchev–Trinajstić information content (AvgIpc) is 2.57. The highest BCUT2D eigenvalue weighted by Gasteiger charge is 2.18. The fourth-order valence-corrected chi connectivity index (χ4v) is 2.19. The van der Waals surface area contributed by atoms with Gasteiger partial charge in [-0.25, -0.2) is 0 Å². The van der Waals surface area contributed by atoms with Crippen LogP contribution in [0, 0.1) is 18.3 Å². The summed E-state index contributed by atoms with van der Waals surface area (Å²) in [6.07, 6.45) is 0. The molecule has 0 bridgehead atoms. The zero-order valence-electron chi connectivity index (χ0n) is 13.2. The molecular formula is C16H15ClN4O3. The lowest BCUT2D eigenvalue weighted by Gasteiger charge is -2.12. The van der Waals surface area contributed by atoms with E-state index in [-0.39, 0.29) is 30.0 Å². The molecule has 24 heavy (non-hydrogen) atoms. The van der Waals surface area contributed by atoms with Crippen LogP contribution in [0.25, 0.3) is 0 Å². The summed E-state index contributed by atoms with van der Waals surface area (Å²) in [5.74, 6) is -0.400. The number of aromatic nitrogens is 1. The molecule has 0 aliphatic rings. The molecule has 1 aromatic carbocycles. The molecule has 0 saturated carbocycles. The Labute approximate surface area is 143 Å². The van der Waals surface area contributed by atoms with Gasteiger partial charge in [0.15, 0.2) is 5.69 Å². The molecule has 0 atom stereocenters. The van der Waals surface area contributed by atoms with E-state index in [0.717, 1.165) is 4.57 Å². The van der Waals surface area contributed by atoms with Crippen molar-refractivity contribution < 1.29 is 9.84 Å². The zero-order chi connectivity index (χ0) is 17.7. The van der Waals surface area contributed by atoms with Crippen LogP contribution in [0.2, 0.25) is 5.02 Å². The Kier molecular flexibility index (Phi) is 5.68. The molecule has 1 N–H and O–H groups in total. The number of rotatable bonds is 5. The minimum Gasteiger partial charge on any atom is -0.493 e. The Bertz CT molecular complexity index is 867. The van der Waals surface area contributed by atoms with Gasteiger partial charge < -0.3 is 9.84 Å². The lowest BCUT2D eigenvalue weighted by molar-refractivity contribution is 0.182. The van der Waals surface area contributed by atoms with Crippen molar-refractivity contribution in [1.82, 2.24) is 4.57 Å². The number of methoxy groups -OCH3 is 1. The first-order chi connectivity index (χ1) is 11.5. The van der Waals surface area contributed by atoms with E-state index < -0.39 is 11.4 Å². The van der Waals surface area contributed by atoms with E-state index in [1.807, 2.05) is 6.07 Å². The Balaban J connectivity index is 2.54. The van der Waals surface area contributed by atoms with Crippen LogP contribution in [-0.2, 0) is 11.3 Å². The van der Waals surface area contributed by atoms with Crippen molar-refractivity contribution in [2.75, 3.05) is 13.7 Å². The molecule has 1 aromatic heterocycles. The van der Waals surface area contributed by atoms with E-state index in [4.69, 9.17) is 16.3 Å². The molecule has 0 unspecified atom stereocenters.